The van der Waals surface area contributed by atoms with E-state index in [1.807, 2.05) is 20.2 Å². The summed E-state index contributed by atoms with van der Waals surface area (Å²) in [5, 5.41) is 18.0. The van der Waals surface area contributed by atoms with Gasteiger partial charge < -0.3 is 5.11 Å². The minimum Gasteiger partial charge on any atom is -0.476 e. The molecule has 0 aliphatic heterocycles. The number of aromatic carboxylic acids is 1. The highest BCUT2D eigenvalue weighted by atomic mass is 16.4. The van der Waals surface area contributed by atoms with E-state index in [2.05, 4.69) is 17.1 Å². The molecule has 106 valence electrons. The van der Waals surface area contributed by atoms with Gasteiger partial charge in [0.25, 0.3) is 0 Å². The van der Waals surface area contributed by atoms with Crippen LogP contribution in [0.15, 0.2) is 6.20 Å². The number of hydrogen-bond donors (Lipinski definition) is 1. The Morgan fingerprint density at radius 1 is 1.45 bits per heavy atom. The quantitative estimate of drug-likeness (QED) is 0.905. The maximum atomic E-state index is 11.4. The Morgan fingerprint density at radius 2 is 2.20 bits per heavy atom. The van der Waals surface area contributed by atoms with Crippen molar-refractivity contribution in [2.45, 2.75) is 33.1 Å². The normalized spacial score (nSPS) is 18.1. The van der Waals surface area contributed by atoms with Gasteiger partial charge in [-0.1, -0.05) is 6.92 Å². The average Bonchev–Trinajstić information content (AvgIpc) is 2.89. The van der Waals surface area contributed by atoms with E-state index in [1.54, 1.807) is 9.36 Å². The van der Waals surface area contributed by atoms with Crippen LogP contribution < -0.4 is 0 Å². The van der Waals surface area contributed by atoms with Gasteiger partial charge in [-0.05, 0) is 32.1 Å². The Kier molecular flexibility index (Phi) is 2.88. The van der Waals surface area contributed by atoms with Crippen molar-refractivity contribution in [3.63, 3.8) is 0 Å². The zero-order valence-corrected chi connectivity index (χ0v) is 11.9. The molecule has 0 aromatic carbocycles. The van der Waals surface area contributed by atoms with Crippen LogP contribution in [0, 0.1) is 12.8 Å². The molecule has 6 heteroatoms. The minimum atomic E-state index is -0.948. The number of carboxylic acids is 1. The topological polar surface area (TPSA) is 72.9 Å². The molecule has 1 N–H and O–H groups in total. The van der Waals surface area contributed by atoms with Crippen LogP contribution in [0.25, 0.3) is 5.69 Å². The number of fused-ring (bicyclic) bond motifs is 1. The van der Waals surface area contributed by atoms with E-state index in [9.17, 15) is 9.90 Å². The molecule has 0 radical (unpaired) electrons. The minimum absolute atomic E-state index is 0.190. The summed E-state index contributed by atoms with van der Waals surface area (Å²) in [6.45, 7) is 4.07. The molecule has 0 spiro atoms. The van der Waals surface area contributed by atoms with Gasteiger partial charge in [0.1, 0.15) is 5.69 Å². The molecule has 1 aliphatic rings. The van der Waals surface area contributed by atoms with Crippen molar-refractivity contribution in [1.29, 1.82) is 0 Å². The Hall–Kier alpha value is -2.11. The maximum Gasteiger partial charge on any atom is 0.356 e. The molecule has 6 nitrogen and oxygen atoms in total. The van der Waals surface area contributed by atoms with Gasteiger partial charge in [-0.25, -0.2) is 9.48 Å². The van der Waals surface area contributed by atoms with Crippen molar-refractivity contribution in [2.24, 2.45) is 13.0 Å². The summed E-state index contributed by atoms with van der Waals surface area (Å²) in [6.07, 6.45) is 4.60. The van der Waals surface area contributed by atoms with Crippen LogP contribution in [0.5, 0.6) is 0 Å². The van der Waals surface area contributed by atoms with E-state index in [0.29, 0.717) is 5.92 Å². The lowest BCUT2D eigenvalue weighted by Crippen LogP contribution is -2.14. The molecule has 0 amide bonds. The predicted octanol–water partition coefficient (Wildman–Crippen LogP) is 1.74. The number of rotatable bonds is 2. The lowest BCUT2D eigenvalue weighted by Gasteiger charge is -2.19. The van der Waals surface area contributed by atoms with Gasteiger partial charge in [-0.2, -0.15) is 10.2 Å². The number of aryl methyl sites for hydroxylation is 2. The summed E-state index contributed by atoms with van der Waals surface area (Å²) >= 11 is 0. The first-order chi connectivity index (χ1) is 9.47. The van der Waals surface area contributed by atoms with Gasteiger partial charge in [-0.3, -0.25) is 4.68 Å². The smallest absolute Gasteiger partial charge is 0.356 e. The van der Waals surface area contributed by atoms with Crippen LogP contribution in [0.4, 0.5) is 0 Å². The average molecular weight is 274 g/mol. The van der Waals surface area contributed by atoms with Crippen molar-refractivity contribution < 1.29 is 9.90 Å². The molecule has 1 aliphatic carbocycles. The Bertz CT molecular complexity index is 684. The molecule has 1 atom stereocenters. The summed E-state index contributed by atoms with van der Waals surface area (Å²) in [5.74, 6) is -0.441. The van der Waals surface area contributed by atoms with Crippen molar-refractivity contribution in [1.82, 2.24) is 19.6 Å². The fraction of sp³-hybridized carbons (Fsp3) is 0.500. The third-order valence-corrected chi connectivity index (χ3v) is 3.93. The summed E-state index contributed by atoms with van der Waals surface area (Å²) in [7, 11) is 1.85. The van der Waals surface area contributed by atoms with E-state index in [1.165, 1.54) is 0 Å². The van der Waals surface area contributed by atoms with Gasteiger partial charge in [-0.15, -0.1) is 0 Å². The van der Waals surface area contributed by atoms with Crippen LogP contribution in [0.3, 0.4) is 0 Å². The fourth-order valence-electron chi connectivity index (χ4n) is 2.96. The summed E-state index contributed by atoms with van der Waals surface area (Å²) < 4.78 is 3.50. The van der Waals surface area contributed by atoms with Gasteiger partial charge in [0.15, 0.2) is 5.69 Å². The molecule has 1 unspecified atom stereocenters. The zero-order chi connectivity index (χ0) is 14.4. The Morgan fingerprint density at radius 3 is 2.80 bits per heavy atom. The third-order valence-electron chi connectivity index (χ3n) is 3.93. The number of carbonyl (C=O) groups is 1. The number of hydrogen-bond acceptors (Lipinski definition) is 3. The fourth-order valence-corrected chi connectivity index (χ4v) is 2.96. The second kappa shape index (κ2) is 4.47. The summed E-state index contributed by atoms with van der Waals surface area (Å²) in [5.41, 5.74) is 3.82. The lowest BCUT2D eigenvalue weighted by atomic mass is 9.87. The Labute approximate surface area is 117 Å². The molecule has 0 fully saturated rings. The summed E-state index contributed by atoms with van der Waals surface area (Å²) in [4.78, 5) is 11.4. The van der Waals surface area contributed by atoms with Gasteiger partial charge in [0.05, 0.1) is 11.9 Å². The predicted molar refractivity (Wildman–Crippen MR) is 73.2 cm³/mol. The molecule has 0 saturated carbocycles. The standard InChI is InChI=1S/C14H18N4O2/c1-8-4-5-11-10(6-8)13(14(19)20)16-18(11)12-7-17(3)15-9(12)2/h7-8H,4-6H2,1-3H3,(H,19,20). The first-order valence-electron chi connectivity index (χ1n) is 6.82. The van der Waals surface area contributed by atoms with Crippen LogP contribution >= 0.6 is 0 Å². The van der Waals surface area contributed by atoms with E-state index >= 15 is 0 Å². The lowest BCUT2D eigenvalue weighted by molar-refractivity contribution is 0.0688. The molecular weight excluding hydrogens is 256 g/mol. The van der Waals surface area contributed by atoms with E-state index < -0.39 is 5.97 Å². The molecule has 0 bridgehead atoms. The summed E-state index contributed by atoms with van der Waals surface area (Å²) in [6, 6.07) is 0. The van der Waals surface area contributed by atoms with E-state index in [0.717, 1.165) is 41.9 Å². The zero-order valence-electron chi connectivity index (χ0n) is 11.9. The van der Waals surface area contributed by atoms with Crippen LogP contribution in [-0.4, -0.2) is 30.6 Å². The van der Waals surface area contributed by atoms with Gasteiger partial charge >= 0.3 is 5.97 Å². The number of carboxylic acid groups (broad SMARTS) is 1. The maximum absolute atomic E-state index is 11.4. The second-order valence-corrected chi connectivity index (χ2v) is 5.61. The van der Waals surface area contributed by atoms with Crippen molar-refractivity contribution >= 4 is 5.97 Å². The first kappa shape index (κ1) is 12.9. The van der Waals surface area contributed by atoms with Crippen LogP contribution in [-0.2, 0) is 19.9 Å². The largest absolute Gasteiger partial charge is 0.476 e. The highest BCUT2D eigenvalue weighted by molar-refractivity contribution is 5.87. The SMILES string of the molecule is Cc1nn(C)cc1-n1nc(C(=O)O)c2c1CCC(C)C2. The second-order valence-electron chi connectivity index (χ2n) is 5.61. The highest BCUT2D eigenvalue weighted by Gasteiger charge is 2.28. The van der Waals surface area contributed by atoms with Crippen molar-refractivity contribution in [2.75, 3.05) is 0 Å². The Balaban J connectivity index is 2.20. The number of aromatic nitrogens is 4. The molecule has 3 rings (SSSR count). The van der Waals surface area contributed by atoms with E-state index in [4.69, 9.17) is 0 Å². The monoisotopic (exact) mass is 274 g/mol. The number of nitrogens with zero attached hydrogens (tertiary/aromatic N) is 4. The third kappa shape index (κ3) is 1.92. The van der Waals surface area contributed by atoms with Crippen LogP contribution in [0.2, 0.25) is 0 Å². The van der Waals surface area contributed by atoms with Crippen molar-refractivity contribution in [3.8, 4) is 5.69 Å². The first-order valence-corrected chi connectivity index (χ1v) is 6.82. The van der Waals surface area contributed by atoms with Gasteiger partial charge in [0, 0.05) is 18.3 Å². The molecule has 20 heavy (non-hydrogen) atoms. The molecule has 0 saturated heterocycles. The molecule has 2 aromatic heterocycles. The van der Waals surface area contributed by atoms with Gasteiger partial charge in [0.2, 0.25) is 0 Å². The van der Waals surface area contributed by atoms with Crippen LogP contribution in [0.1, 0.15) is 40.8 Å². The highest BCUT2D eigenvalue weighted by Crippen LogP contribution is 2.30. The molecular formula is C14H18N4O2. The van der Waals surface area contributed by atoms with E-state index in [-0.39, 0.29) is 5.69 Å². The molecule has 2 aromatic rings. The molecule has 2 heterocycles. The van der Waals surface area contributed by atoms with Crippen molar-refractivity contribution in [3.05, 3.63) is 28.8 Å².